The van der Waals surface area contributed by atoms with Gasteiger partial charge in [0.05, 0.1) is 22.2 Å². The fourth-order valence-electron chi connectivity index (χ4n) is 13.0. The summed E-state index contributed by atoms with van der Waals surface area (Å²) < 4.78 is 0. The van der Waals surface area contributed by atoms with Crippen LogP contribution >= 0.6 is 0 Å². The van der Waals surface area contributed by atoms with Gasteiger partial charge in [-0.05, 0) is 112 Å². The average Bonchev–Trinajstić information content (AvgIpc) is 4.01. The molecule has 0 fully saturated rings. The summed E-state index contributed by atoms with van der Waals surface area (Å²) in [6.45, 7) is 4.23. The highest BCUT2D eigenvalue weighted by atomic mass is 15.2. The van der Waals surface area contributed by atoms with Gasteiger partial charge in [-0.2, -0.15) is 0 Å². The van der Waals surface area contributed by atoms with Gasteiger partial charge in [0.25, 0.3) is 0 Å². The molecule has 14 rings (SSSR count). The summed E-state index contributed by atoms with van der Waals surface area (Å²) in [4.78, 5) is 2.66. The lowest BCUT2D eigenvalue weighted by Crippen LogP contribution is -2.37. The van der Waals surface area contributed by atoms with Gasteiger partial charge in [-0.25, -0.2) is 0 Å². The maximum absolute atomic E-state index is 4.23. The minimum absolute atomic E-state index is 0.531. The first-order valence-corrected chi connectivity index (χ1v) is 24.1. The van der Waals surface area contributed by atoms with Crippen LogP contribution in [0, 0.1) is 0 Å². The molecule has 0 unspecified atom stereocenters. The standard InChI is InChI=1S/C68H45N/c1-2-3-27-58-54-34-17-18-37-59(54)67(45-23-6-4-7-24-45,46-25-8-5-9-26-46)66(58)69(64-41-22-36-57-50-29-11-10-28-48(50)49-30-12-13-35-56(49)65(57)64)47-42-43-55-53-33-16-21-40-62(53)68(63(55)44-47)60-38-19-14-31-51(60)52-32-15-20-39-61(52)68/h2-44H,1H2/b27-3-. The van der Waals surface area contributed by atoms with Gasteiger partial charge < -0.3 is 4.90 Å². The van der Waals surface area contributed by atoms with Gasteiger partial charge in [0.15, 0.2) is 0 Å². The van der Waals surface area contributed by atoms with Gasteiger partial charge in [0.2, 0.25) is 0 Å². The number of fused-ring (bicyclic) bond motifs is 17. The first-order valence-electron chi connectivity index (χ1n) is 24.1. The molecule has 0 atom stereocenters. The van der Waals surface area contributed by atoms with Crippen LogP contribution in [0.25, 0.3) is 60.1 Å². The molecule has 1 nitrogen and oxygen atoms in total. The van der Waals surface area contributed by atoms with Crippen molar-refractivity contribution in [2.24, 2.45) is 0 Å². The van der Waals surface area contributed by atoms with Crippen molar-refractivity contribution in [1.29, 1.82) is 0 Å². The van der Waals surface area contributed by atoms with E-state index >= 15 is 0 Å². The Kier molecular flexibility index (Phi) is 8.63. The zero-order valence-corrected chi connectivity index (χ0v) is 38.0. The molecule has 0 saturated carbocycles. The van der Waals surface area contributed by atoms with Gasteiger partial charge in [0, 0.05) is 16.6 Å². The molecular formula is C68H45N. The van der Waals surface area contributed by atoms with E-state index in [1.807, 2.05) is 6.08 Å². The van der Waals surface area contributed by atoms with Gasteiger partial charge in [0.1, 0.15) is 0 Å². The summed E-state index contributed by atoms with van der Waals surface area (Å²) in [7, 11) is 0. The zero-order valence-electron chi connectivity index (χ0n) is 38.0. The monoisotopic (exact) mass is 875 g/mol. The first kappa shape index (κ1) is 39.4. The van der Waals surface area contributed by atoms with Gasteiger partial charge in [-0.1, -0.05) is 249 Å². The van der Waals surface area contributed by atoms with E-state index in [1.165, 1.54) is 105 Å². The average molecular weight is 876 g/mol. The highest BCUT2D eigenvalue weighted by Crippen LogP contribution is 2.65. The Bertz CT molecular complexity index is 3830. The van der Waals surface area contributed by atoms with Crippen LogP contribution in [0.3, 0.4) is 0 Å². The minimum atomic E-state index is -0.763. The summed E-state index contributed by atoms with van der Waals surface area (Å²) in [5.74, 6) is 0. The van der Waals surface area contributed by atoms with Crippen molar-refractivity contribution in [3.63, 3.8) is 0 Å². The van der Waals surface area contributed by atoms with E-state index in [-0.39, 0.29) is 0 Å². The molecular weight excluding hydrogens is 831 g/mol. The number of nitrogens with zero attached hydrogens (tertiary/aromatic N) is 1. The highest BCUT2D eigenvalue weighted by molar-refractivity contribution is 6.28. The van der Waals surface area contributed by atoms with E-state index in [9.17, 15) is 0 Å². The largest absolute Gasteiger partial charge is 0.311 e. The van der Waals surface area contributed by atoms with Crippen LogP contribution in [0.2, 0.25) is 0 Å². The Labute approximate surface area is 402 Å². The molecule has 69 heavy (non-hydrogen) atoms. The molecule has 0 heterocycles. The van der Waals surface area contributed by atoms with Crippen LogP contribution in [0.5, 0.6) is 0 Å². The van der Waals surface area contributed by atoms with Crippen LogP contribution in [-0.4, -0.2) is 0 Å². The molecule has 0 saturated heterocycles. The minimum Gasteiger partial charge on any atom is -0.311 e. The predicted molar refractivity (Wildman–Crippen MR) is 289 cm³/mol. The number of allylic oxidation sites excluding steroid dienone is 5. The third-order valence-corrected chi connectivity index (χ3v) is 15.5. The van der Waals surface area contributed by atoms with Crippen LogP contribution in [0.4, 0.5) is 11.4 Å². The first-order chi connectivity index (χ1) is 34.2. The number of rotatable bonds is 7. The van der Waals surface area contributed by atoms with Crippen LogP contribution in [0.15, 0.2) is 273 Å². The zero-order chi connectivity index (χ0) is 45.7. The molecule has 3 aliphatic carbocycles. The van der Waals surface area contributed by atoms with Gasteiger partial charge in [-0.15, -0.1) is 0 Å². The van der Waals surface area contributed by atoms with E-state index < -0.39 is 10.8 Å². The number of anilines is 2. The van der Waals surface area contributed by atoms with Crippen LogP contribution in [-0.2, 0) is 10.8 Å². The molecule has 0 aromatic heterocycles. The second kappa shape index (κ2) is 15.1. The Morgan fingerprint density at radius 3 is 1.30 bits per heavy atom. The quantitative estimate of drug-likeness (QED) is 0.114. The molecule has 1 spiro atoms. The SMILES string of the molecule is C=C/C=C\C1=C(N(c2ccc3c(c2)C2(c4ccccc4-c4ccccc42)c2ccccc2-3)c2cccc3c4ccccc4c4ccccc4c23)C(c2ccccc2)(c2ccccc2)c2ccccc21. The lowest BCUT2D eigenvalue weighted by Gasteiger charge is -2.42. The molecule has 322 valence electrons. The second-order valence-corrected chi connectivity index (χ2v) is 18.6. The van der Waals surface area contributed by atoms with Crippen LogP contribution in [0.1, 0.15) is 44.5 Å². The molecule has 0 amide bonds. The normalized spacial score (nSPS) is 14.6. The van der Waals surface area contributed by atoms with E-state index in [2.05, 4.69) is 266 Å². The maximum atomic E-state index is 4.23. The van der Waals surface area contributed by atoms with E-state index in [0.717, 1.165) is 16.9 Å². The predicted octanol–water partition coefficient (Wildman–Crippen LogP) is 17.1. The smallest absolute Gasteiger partial charge is 0.0869 e. The Hall–Kier alpha value is -8.78. The van der Waals surface area contributed by atoms with Gasteiger partial charge in [-0.3, -0.25) is 0 Å². The second-order valence-electron chi connectivity index (χ2n) is 18.6. The molecule has 3 aliphatic rings. The number of benzene rings is 11. The van der Waals surface area contributed by atoms with Crippen molar-refractivity contribution in [3.8, 4) is 22.3 Å². The van der Waals surface area contributed by atoms with Crippen molar-refractivity contribution >= 4 is 49.3 Å². The fourth-order valence-corrected chi connectivity index (χ4v) is 13.0. The van der Waals surface area contributed by atoms with Crippen molar-refractivity contribution in [1.82, 2.24) is 0 Å². The van der Waals surface area contributed by atoms with Crippen molar-refractivity contribution in [2.45, 2.75) is 10.8 Å². The van der Waals surface area contributed by atoms with Crippen molar-refractivity contribution < 1.29 is 0 Å². The third kappa shape index (κ3) is 5.25. The Morgan fingerprint density at radius 2 is 0.768 bits per heavy atom. The summed E-state index contributed by atoms with van der Waals surface area (Å²) in [5, 5.41) is 7.39. The number of hydrogen-bond acceptors (Lipinski definition) is 1. The molecule has 0 N–H and O–H groups in total. The highest BCUT2D eigenvalue weighted by Gasteiger charge is 2.53. The van der Waals surface area contributed by atoms with E-state index in [0.29, 0.717) is 0 Å². The molecule has 11 aromatic carbocycles. The van der Waals surface area contributed by atoms with Gasteiger partial charge >= 0.3 is 0 Å². The molecule has 1 heteroatoms. The summed E-state index contributed by atoms with van der Waals surface area (Å²) >= 11 is 0. The summed E-state index contributed by atoms with van der Waals surface area (Å²) in [6, 6.07) is 91.1. The molecule has 0 bridgehead atoms. The maximum Gasteiger partial charge on any atom is 0.0869 e. The number of hydrogen-bond donors (Lipinski definition) is 0. The topological polar surface area (TPSA) is 3.24 Å². The molecule has 11 aromatic rings. The lowest BCUT2D eigenvalue weighted by atomic mass is 9.68. The third-order valence-electron chi connectivity index (χ3n) is 15.5. The summed E-state index contributed by atoms with van der Waals surface area (Å²) in [5.41, 5.74) is 18.5. The molecule has 0 aliphatic heterocycles. The Morgan fingerprint density at radius 1 is 0.348 bits per heavy atom. The fraction of sp³-hybridized carbons (Fsp3) is 0.0294. The molecule has 0 radical (unpaired) electrons. The van der Waals surface area contributed by atoms with E-state index in [4.69, 9.17) is 0 Å². The van der Waals surface area contributed by atoms with Crippen LogP contribution < -0.4 is 4.90 Å². The van der Waals surface area contributed by atoms with Crippen molar-refractivity contribution in [3.05, 3.63) is 318 Å². The summed E-state index contributed by atoms with van der Waals surface area (Å²) in [6.07, 6.45) is 6.32. The lowest BCUT2D eigenvalue weighted by molar-refractivity contribution is 0.724. The Balaban J connectivity index is 1.19. The van der Waals surface area contributed by atoms with Crippen molar-refractivity contribution in [2.75, 3.05) is 4.90 Å². The van der Waals surface area contributed by atoms with E-state index in [1.54, 1.807) is 0 Å².